The summed E-state index contributed by atoms with van der Waals surface area (Å²) in [5, 5.41) is 7.73. The summed E-state index contributed by atoms with van der Waals surface area (Å²) in [6.45, 7) is 3.20. The summed E-state index contributed by atoms with van der Waals surface area (Å²) in [6, 6.07) is 7.05. The average molecular weight is 461 g/mol. The van der Waals surface area contributed by atoms with Gasteiger partial charge < -0.3 is 20.1 Å². The van der Waals surface area contributed by atoms with Gasteiger partial charge >= 0.3 is 0 Å². The van der Waals surface area contributed by atoms with Gasteiger partial charge in [-0.3, -0.25) is 19.3 Å². The number of carbonyl (C=O) groups is 3. The zero-order valence-corrected chi connectivity index (χ0v) is 18.9. The van der Waals surface area contributed by atoms with Crippen LogP contribution in [0.5, 0.6) is 5.75 Å². The molecule has 1 atom stereocenters. The van der Waals surface area contributed by atoms with Crippen molar-refractivity contribution >= 4 is 39.9 Å². The second-order valence-electron chi connectivity index (χ2n) is 7.21. The molecule has 2 aromatic rings. The lowest BCUT2D eigenvalue weighted by Gasteiger charge is -2.25. The van der Waals surface area contributed by atoms with E-state index in [1.54, 1.807) is 35.8 Å². The molecule has 1 fully saturated rings. The number of hydrogen-bond acceptors (Lipinski definition) is 7. The maximum Gasteiger partial charge on any atom is 0.240 e. The molecular weight excluding hydrogens is 432 g/mol. The summed E-state index contributed by atoms with van der Waals surface area (Å²) in [6.07, 6.45) is 3.40. The molecule has 9 nitrogen and oxygen atoms in total. The number of aromatic nitrogens is 1. The number of para-hydroxylation sites is 2. The van der Waals surface area contributed by atoms with Gasteiger partial charge in [0.1, 0.15) is 12.3 Å². The predicted molar refractivity (Wildman–Crippen MR) is 122 cm³/mol. The van der Waals surface area contributed by atoms with Crippen molar-refractivity contribution in [3.8, 4) is 5.75 Å². The number of ether oxygens (including phenoxy) is 2. The molecule has 0 spiro atoms. The smallest absolute Gasteiger partial charge is 0.240 e. The highest BCUT2D eigenvalue weighted by molar-refractivity contribution is 7.13. The molecule has 0 aliphatic carbocycles. The van der Waals surface area contributed by atoms with E-state index in [0.29, 0.717) is 36.3 Å². The molecule has 2 N–H and O–H groups in total. The Hall–Kier alpha value is -2.98. The number of nitrogens with zero attached hydrogens (tertiary/aromatic N) is 2. The van der Waals surface area contributed by atoms with Gasteiger partial charge in [0.2, 0.25) is 17.7 Å². The Bertz CT molecular complexity index is 899. The maximum atomic E-state index is 13.1. The minimum atomic E-state index is -0.348. The van der Waals surface area contributed by atoms with Gasteiger partial charge in [-0.15, -0.1) is 11.3 Å². The van der Waals surface area contributed by atoms with Gasteiger partial charge in [-0.25, -0.2) is 4.98 Å². The van der Waals surface area contributed by atoms with Crippen LogP contribution in [-0.2, 0) is 19.1 Å². The van der Waals surface area contributed by atoms with Crippen LogP contribution in [-0.4, -0.2) is 55.1 Å². The second-order valence-corrected chi connectivity index (χ2v) is 8.10. The highest BCUT2D eigenvalue weighted by Crippen LogP contribution is 2.29. The molecule has 1 aliphatic heterocycles. The quantitative estimate of drug-likeness (QED) is 0.533. The van der Waals surface area contributed by atoms with Crippen LogP contribution in [0.2, 0.25) is 0 Å². The van der Waals surface area contributed by atoms with E-state index in [-0.39, 0.29) is 43.2 Å². The molecule has 3 amide bonds. The third-order valence-electron chi connectivity index (χ3n) is 4.85. The van der Waals surface area contributed by atoms with Crippen LogP contribution in [0.1, 0.15) is 32.6 Å². The van der Waals surface area contributed by atoms with Gasteiger partial charge in [-0.05, 0) is 31.9 Å². The zero-order valence-electron chi connectivity index (χ0n) is 18.0. The van der Waals surface area contributed by atoms with E-state index < -0.39 is 0 Å². The number of carbonyl (C=O) groups excluding carboxylic acids is 3. The van der Waals surface area contributed by atoms with E-state index >= 15 is 0 Å². The number of rotatable bonds is 11. The number of nitrogens with one attached hydrogen (secondary N) is 2. The first-order valence-electron chi connectivity index (χ1n) is 10.7. The fourth-order valence-corrected chi connectivity index (χ4v) is 3.87. The first-order valence-corrected chi connectivity index (χ1v) is 11.5. The molecule has 172 valence electrons. The van der Waals surface area contributed by atoms with Crippen LogP contribution in [0.25, 0.3) is 0 Å². The summed E-state index contributed by atoms with van der Waals surface area (Å²) in [5.74, 6) is -0.456. The van der Waals surface area contributed by atoms with Crippen molar-refractivity contribution in [2.75, 3.05) is 36.5 Å². The minimum absolute atomic E-state index is 0.00775. The summed E-state index contributed by atoms with van der Waals surface area (Å²) in [5.41, 5.74) is 0.493. The van der Waals surface area contributed by atoms with Crippen molar-refractivity contribution in [3.05, 3.63) is 35.8 Å². The normalized spacial score (nSPS) is 15.2. The number of thiazole rings is 1. The summed E-state index contributed by atoms with van der Waals surface area (Å²) >= 11 is 1.30. The van der Waals surface area contributed by atoms with Crippen LogP contribution in [0.15, 0.2) is 35.8 Å². The molecule has 32 heavy (non-hydrogen) atoms. The predicted octanol–water partition coefficient (Wildman–Crippen LogP) is 2.59. The van der Waals surface area contributed by atoms with Gasteiger partial charge in [-0.2, -0.15) is 0 Å². The SMILES string of the molecule is CCOc1ccccc1N(CC(=O)NC[C@@H]1CCCO1)C(=O)CCC(=O)Nc1nccs1. The van der Waals surface area contributed by atoms with Crippen molar-refractivity contribution in [1.29, 1.82) is 0 Å². The highest BCUT2D eigenvalue weighted by atomic mass is 32.1. The molecule has 1 aliphatic rings. The van der Waals surface area contributed by atoms with E-state index in [1.807, 2.05) is 6.92 Å². The van der Waals surface area contributed by atoms with Crippen LogP contribution < -0.4 is 20.3 Å². The molecule has 2 heterocycles. The first-order chi connectivity index (χ1) is 15.6. The van der Waals surface area contributed by atoms with E-state index in [4.69, 9.17) is 9.47 Å². The Balaban J connectivity index is 1.65. The maximum absolute atomic E-state index is 13.1. The molecule has 0 unspecified atom stereocenters. The third kappa shape index (κ3) is 7.03. The molecule has 3 rings (SSSR count). The molecule has 1 aromatic carbocycles. The summed E-state index contributed by atoms with van der Waals surface area (Å²) in [4.78, 5) is 43.2. The summed E-state index contributed by atoms with van der Waals surface area (Å²) in [7, 11) is 0. The van der Waals surface area contributed by atoms with Crippen molar-refractivity contribution in [2.45, 2.75) is 38.7 Å². The molecule has 10 heteroatoms. The Morgan fingerprint density at radius 2 is 2.09 bits per heavy atom. The zero-order chi connectivity index (χ0) is 22.8. The van der Waals surface area contributed by atoms with Crippen molar-refractivity contribution in [3.63, 3.8) is 0 Å². The largest absolute Gasteiger partial charge is 0.492 e. The van der Waals surface area contributed by atoms with E-state index in [1.165, 1.54) is 16.2 Å². The average Bonchev–Trinajstić information content (AvgIpc) is 3.49. The molecule has 1 saturated heterocycles. The lowest BCUT2D eigenvalue weighted by Crippen LogP contribution is -2.43. The minimum Gasteiger partial charge on any atom is -0.492 e. The van der Waals surface area contributed by atoms with Crippen molar-refractivity contribution in [1.82, 2.24) is 10.3 Å². The Morgan fingerprint density at radius 1 is 1.25 bits per heavy atom. The van der Waals surface area contributed by atoms with Crippen LogP contribution in [0.3, 0.4) is 0 Å². The van der Waals surface area contributed by atoms with E-state index in [0.717, 1.165) is 12.8 Å². The Labute approximate surface area is 191 Å². The second kappa shape index (κ2) is 12.2. The van der Waals surface area contributed by atoms with Crippen molar-refractivity contribution in [2.24, 2.45) is 0 Å². The lowest BCUT2D eigenvalue weighted by molar-refractivity contribution is -0.125. The highest BCUT2D eigenvalue weighted by Gasteiger charge is 2.24. The Kier molecular flexibility index (Phi) is 9.00. The van der Waals surface area contributed by atoms with Gasteiger partial charge in [0.05, 0.1) is 18.4 Å². The topological polar surface area (TPSA) is 110 Å². The fourth-order valence-electron chi connectivity index (χ4n) is 3.32. The molecule has 0 bridgehead atoms. The number of hydrogen-bond donors (Lipinski definition) is 2. The number of benzene rings is 1. The number of amides is 3. The lowest BCUT2D eigenvalue weighted by atomic mass is 10.2. The third-order valence-corrected chi connectivity index (χ3v) is 5.54. The van der Waals surface area contributed by atoms with Crippen LogP contribution in [0, 0.1) is 0 Å². The van der Waals surface area contributed by atoms with Gasteiger partial charge in [-0.1, -0.05) is 12.1 Å². The molecule has 0 saturated carbocycles. The molecule has 0 radical (unpaired) electrons. The Morgan fingerprint density at radius 3 is 2.81 bits per heavy atom. The first kappa shape index (κ1) is 23.7. The van der Waals surface area contributed by atoms with Gasteiger partial charge in [0, 0.05) is 37.6 Å². The van der Waals surface area contributed by atoms with Gasteiger partial charge in [0.15, 0.2) is 5.13 Å². The van der Waals surface area contributed by atoms with Crippen LogP contribution >= 0.6 is 11.3 Å². The molecular formula is C22H28N4O5S. The fraction of sp³-hybridized carbons (Fsp3) is 0.455. The van der Waals surface area contributed by atoms with Crippen molar-refractivity contribution < 1.29 is 23.9 Å². The number of anilines is 2. The monoisotopic (exact) mass is 460 g/mol. The summed E-state index contributed by atoms with van der Waals surface area (Å²) < 4.78 is 11.2. The standard InChI is InChI=1S/C22H28N4O5S/c1-2-30-18-8-4-3-7-17(18)26(15-20(28)24-14-16-6-5-12-31-16)21(29)10-9-19(27)25-22-23-11-13-32-22/h3-4,7-8,11,13,16H,2,5-6,9-10,12,14-15H2,1H3,(H,24,28)(H,23,25,27)/t16-/m0/s1. The van der Waals surface area contributed by atoms with E-state index in [9.17, 15) is 14.4 Å². The van der Waals surface area contributed by atoms with Gasteiger partial charge in [0.25, 0.3) is 0 Å². The van der Waals surface area contributed by atoms with Crippen LogP contribution in [0.4, 0.5) is 10.8 Å². The van der Waals surface area contributed by atoms with E-state index in [2.05, 4.69) is 15.6 Å². The molecule has 1 aromatic heterocycles.